The molecule has 5 N–H and O–H groups in total. The number of nitrogens with zero attached hydrogens (tertiary/aromatic N) is 1. The lowest BCUT2D eigenvalue weighted by atomic mass is 9.47. The highest BCUT2D eigenvalue weighted by atomic mass is 16.5. The summed E-state index contributed by atoms with van der Waals surface area (Å²) in [4.78, 5) is 28.4. The first-order valence-corrected chi connectivity index (χ1v) is 23.3. The van der Waals surface area contributed by atoms with Gasteiger partial charge in [0.25, 0.3) is 0 Å². The molecule has 0 aromatic carbocycles. The molecule has 4 rings (SSSR count). The molecular weight excluding hydrogens is 681 g/mol. The number of rotatable bonds is 21. The van der Waals surface area contributed by atoms with Gasteiger partial charge in [0.05, 0.1) is 6.42 Å². The molecule has 55 heavy (non-hydrogen) atoms. The van der Waals surface area contributed by atoms with Crippen LogP contribution >= 0.6 is 0 Å². The van der Waals surface area contributed by atoms with Crippen molar-refractivity contribution in [3.05, 3.63) is 11.6 Å². The minimum atomic E-state index is -0.348. The van der Waals surface area contributed by atoms with Crippen molar-refractivity contribution in [2.75, 3.05) is 26.2 Å². The predicted octanol–water partition coefficient (Wildman–Crippen LogP) is 10.6. The van der Waals surface area contributed by atoms with E-state index in [1.165, 1.54) is 57.8 Å². The summed E-state index contributed by atoms with van der Waals surface area (Å²) < 4.78 is 6.11. The maximum absolute atomic E-state index is 13.4. The Labute approximate surface area is 340 Å². The molecule has 4 aliphatic rings. The van der Waals surface area contributed by atoms with Crippen LogP contribution in [0.3, 0.4) is 0 Å². The number of ether oxygens (including phenoxy) is 1. The molecule has 0 aliphatic heterocycles. The van der Waals surface area contributed by atoms with E-state index in [1.807, 2.05) is 46.4 Å². The Morgan fingerprint density at radius 3 is 2.27 bits per heavy atom. The number of esters is 1. The molecular formula is C48H90N4O3. The molecule has 3 fully saturated rings. The zero-order valence-corrected chi connectivity index (χ0v) is 38.0. The third kappa shape index (κ3) is 13.8. The van der Waals surface area contributed by atoms with Crippen LogP contribution in [0.2, 0.25) is 0 Å². The summed E-state index contributed by atoms with van der Waals surface area (Å²) in [5.41, 5.74) is 14.2. The molecule has 0 spiro atoms. The van der Waals surface area contributed by atoms with Gasteiger partial charge in [-0.1, -0.05) is 79.4 Å². The number of amides is 1. The van der Waals surface area contributed by atoms with Crippen molar-refractivity contribution in [3.8, 4) is 0 Å². The number of fused-ring (bicyclic) bond motifs is 5. The van der Waals surface area contributed by atoms with Gasteiger partial charge in [-0.3, -0.25) is 9.59 Å². The number of hydrogen-bond donors (Lipinski definition) is 3. The summed E-state index contributed by atoms with van der Waals surface area (Å²) in [6.45, 7) is 27.6. The lowest BCUT2D eigenvalue weighted by molar-refractivity contribution is -0.153. The Morgan fingerprint density at radius 2 is 1.62 bits per heavy atom. The van der Waals surface area contributed by atoms with Crippen molar-refractivity contribution in [1.82, 2.24) is 10.2 Å². The van der Waals surface area contributed by atoms with Crippen LogP contribution in [-0.2, 0) is 14.3 Å². The molecule has 0 aromatic rings. The number of carbonyl (C=O) groups is 2. The molecule has 0 aromatic heterocycles. The highest BCUT2D eigenvalue weighted by molar-refractivity contribution is 5.81. The predicted molar refractivity (Wildman–Crippen MR) is 233 cm³/mol. The van der Waals surface area contributed by atoms with Crippen LogP contribution in [0.15, 0.2) is 11.6 Å². The fourth-order valence-electron chi connectivity index (χ4n) is 11.4. The average Bonchev–Trinajstić information content (AvgIpc) is 3.45. The molecule has 1 amide bonds. The minimum Gasteiger partial charge on any atom is -0.462 e. The summed E-state index contributed by atoms with van der Waals surface area (Å²) in [5, 5.41) is 3.47. The molecule has 320 valence electrons. The lowest BCUT2D eigenvalue weighted by Crippen LogP contribution is -2.50. The Bertz CT molecular complexity index is 1200. The molecule has 0 bridgehead atoms. The normalized spacial score (nSPS) is 29.6. The maximum Gasteiger partial charge on any atom is 0.306 e. The fourth-order valence-corrected chi connectivity index (χ4v) is 11.4. The molecule has 0 saturated heterocycles. The van der Waals surface area contributed by atoms with Crippen molar-refractivity contribution in [1.29, 1.82) is 0 Å². The third-order valence-corrected chi connectivity index (χ3v) is 15.0. The Balaban J connectivity index is 0.00000399. The first-order valence-electron chi connectivity index (χ1n) is 23.3. The molecule has 8 atom stereocenters. The zero-order valence-electron chi connectivity index (χ0n) is 38.0. The van der Waals surface area contributed by atoms with E-state index in [0.29, 0.717) is 18.5 Å². The molecule has 7 heteroatoms. The quantitative estimate of drug-likeness (QED) is 0.0609. The number of unbranched alkanes of at least 4 members (excludes halogenated alkanes) is 1. The van der Waals surface area contributed by atoms with Crippen LogP contribution < -0.4 is 16.8 Å². The van der Waals surface area contributed by atoms with E-state index >= 15 is 0 Å². The van der Waals surface area contributed by atoms with Crippen LogP contribution in [-0.4, -0.2) is 60.1 Å². The second-order valence-electron chi connectivity index (χ2n) is 20.6. The van der Waals surface area contributed by atoms with Gasteiger partial charge in [-0.25, -0.2) is 0 Å². The number of nitrogens with one attached hydrogen (secondary N) is 1. The van der Waals surface area contributed by atoms with E-state index in [-0.39, 0.29) is 47.3 Å². The molecule has 4 aliphatic carbocycles. The maximum atomic E-state index is 13.4. The van der Waals surface area contributed by atoms with E-state index in [0.717, 1.165) is 93.5 Å². The fraction of sp³-hybridized carbons (Fsp3) is 0.917. The summed E-state index contributed by atoms with van der Waals surface area (Å²) in [6.07, 6.45) is 21.7. The van der Waals surface area contributed by atoms with Crippen molar-refractivity contribution in [2.45, 2.75) is 209 Å². The summed E-state index contributed by atoms with van der Waals surface area (Å²) in [6, 6.07) is 0. The van der Waals surface area contributed by atoms with Gasteiger partial charge in [0.15, 0.2) is 0 Å². The minimum absolute atomic E-state index is 0.0282. The molecule has 8 unspecified atom stereocenters. The molecule has 7 nitrogen and oxygen atoms in total. The largest absolute Gasteiger partial charge is 0.462 e. The third-order valence-electron chi connectivity index (χ3n) is 15.0. The van der Waals surface area contributed by atoms with Gasteiger partial charge < -0.3 is 26.4 Å². The highest BCUT2D eigenvalue weighted by Gasteiger charge is 2.58. The highest BCUT2D eigenvalue weighted by Crippen LogP contribution is 2.67. The second-order valence-corrected chi connectivity index (χ2v) is 20.6. The van der Waals surface area contributed by atoms with Crippen molar-refractivity contribution in [2.24, 2.45) is 57.8 Å². The van der Waals surface area contributed by atoms with Crippen LogP contribution in [0, 0.1) is 46.3 Å². The first-order chi connectivity index (χ1) is 25.9. The second kappa shape index (κ2) is 21.5. The van der Waals surface area contributed by atoms with Crippen LogP contribution in [0.25, 0.3) is 0 Å². The Hall–Kier alpha value is -1.44. The molecule has 3 saturated carbocycles. The lowest BCUT2D eigenvalue weighted by Gasteiger charge is -2.58. The standard InChI is InChI=1S/C46H84N4O3.C2H6/c1-10-34(33(2)3)14-13-15-35-17-19-39-38-18-16-36-32-37(22-24-46(36,9)40(38)23-25-45(35,39)8)53-42(52)21-20-41(51)50(31-27-44(6,7)48)30-12-11-28-49-29-26-43(4,5)47;1-2/h16,33-35,37-40,49H,10-15,17-32,47-48H2,1-9H3;1-2H3. The van der Waals surface area contributed by atoms with Crippen LogP contribution in [0.4, 0.5) is 0 Å². The van der Waals surface area contributed by atoms with Crippen LogP contribution in [0.1, 0.15) is 192 Å². The Kier molecular flexibility index (Phi) is 18.8. The molecule has 0 heterocycles. The van der Waals surface area contributed by atoms with Crippen molar-refractivity contribution in [3.63, 3.8) is 0 Å². The van der Waals surface area contributed by atoms with E-state index in [2.05, 4.69) is 46.0 Å². The number of allylic oxidation sites excluding steroid dienone is 1. The first kappa shape index (κ1) is 47.9. The summed E-state index contributed by atoms with van der Waals surface area (Å²) in [5.74, 6) is 4.83. The SMILES string of the molecule is CC.CCC(CCCC1CCC2C3CC=C4CC(OC(=O)CCC(=O)N(CCCCNCCC(C)(C)N)CCC(C)(C)N)CCC4(C)C3CCC12C)C(C)C. The van der Waals surface area contributed by atoms with Gasteiger partial charge in [0, 0.05) is 37.0 Å². The van der Waals surface area contributed by atoms with Crippen LogP contribution in [0.5, 0.6) is 0 Å². The topological polar surface area (TPSA) is 111 Å². The van der Waals surface area contributed by atoms with Gasteiger partial charge >= 0.3 is 5.97 Å². The number of hydrogen-bond acceptors (Lipinski definition) is 6. The van der Waals surface area contributed by atoms with Crippen molar-refractivity contribution < 1.29 is 14.3 Å². The molecule has 0 radical (unpaired) electrons. The van der Waals surface area contributed by atoms with Gasteiger partial charge in [-0.15, -0.1) is 0 Å². The van der Waals surface area contributed by atoms with E-state index in [9.17, 15) is 9.59 Å². The van der Waals surface area contributed by atoms with Gasteiger partial charge in [0.2, 0.25) is 5.91 Å². The number of carbonyl (C=O) groups excluding carboxylic acids is 2. The van der Waals surface area contributed by atoms with Gasteiger partial charge in [-0.05, 0) is 164 Å². The summed E-state index contributed by atoms with van der Waals surface area (Å²) >= 11 is 0. The van der Waals surface area contributed by atoms with E-state index < -0.39 is 0 Å². The summed E-state index contributed by atoms with van der Waals surface area (Å²) in [7, 11) is 0. The van der Waals surface area contributed by atoms with Gasteiger partial charge in [0.1, 0.15) is 6.10 Å². The zero-order chi connectivity index (χ0) is 41.0. The average molecular weight is 771 g/mol. The van der Waals surface area contributed by atoms with E-state index in [1.54, 1.807) is 5.57 Å². The smallest absolute Gasteiger partial charge is 0.306 e. The van der Waals surface area contributed by atoms with Gasteiger partial charge in [-0.2, -0.15) is 0 Å². The number of nitrogens with two attached hydrogens (primary N) is 2. The van der Waals surface area contributed by atoms with E-state index in [4.69, 9.17) is 16.2 Å². The Morgan fingerprint density at radius 1 is 0.909 bits per heavy atom. The van der Waals surface area contributed by atoms with Crippen molar-refractivity contribution >= 4 is 11.9 Å². The monoisotopic (exact) mass is 771 g/mol.